The SMILES string of the molecule is CN=C(NCc1ccc(C)cc1OC1CCOC1)NCC(OC)c1cccc(Cl)c1.I. The third-order valence-corrected chi connectivity index (χ3v) is 5.27. The zero-order chi connectivity index (χ0) is 21.3. The van der Waals surface area contributed by atoms with Gasteiger partial charge in [0.15, 0.2) is 5.96 Å². The van der Waals surface area contributed by atoms with Gasteiger partial charge in [0, 0.05) is 44.3 Å². The second-order valence-electron chi connectivity index (χ2n) is 7.30. The van der Waals surface area contributed by atoms with E-state index in [4.69, 9.17) is 25.8 Å². The zero-order valence-electron chi connectivity index (χ0n) is 18.2. The molecule has 0 amide bonds. The molecule has 0 radical (unpaired) electrons. The predicted octanol–water partition coefficient (Wildman–Crippen LogP) is 4.49. The Labute approximate surface area is 206 Å². The number of nitrogens with zero attached hydrogens (tertiary/aromatic N) is 1. The first-order valence-electron chi connectivity index (χ1n) is 10.2. The molecule has 0 saturated carbocycles. The number of ether oxygens (including phenoxy) is 3. The van der Waals surface area contributed by atoms with Gasteiger partial charge in [-0.2, -0.15) is 0 Å². The van der Waals surface area contributed by atoms with Crippen molar-refractivity contribution in [2.75, 3.05) is 33.9 Å². The van der Waals surface area contributed by atoms with Crippen LogP contribution >= 0.6 is 35.6 Å². The summed E-state index contributed by atoms with van der Waals surface area (Å²) >= 11 is 6.11. The minimum absolute atomic E-state index is 0. The minimum Gasteiger partial charge on any atom is -0.488 e. The van der Waals surface area contributed by atoms with Gasteiger partial charge >= 0.3 is 0 Å². The molecule has 6 nitrogen and oxygen atoms in total. The lowest BCUT2D eigenvalue weighted by Crippen LogP contribution is -2.39. The third-order valence-electron chi connectivity index (χ3n) is 5.03. The van der Waals surface area contributed by atoms with Gasteiger partial charge in [-0.1, -0.05) is 35.9 Å². The number of aliphatic imine (C=N–C) groups is 1. The second kappa shape index (κ2) is 13.1. The minimum atomic E-state index is -0.136. The van der Waals surface area contributed by atoms with Gasteiger partial charge in [-0.25, -0.2) is 0 Å². The maximum absolute atomic E-state index is 6.18. The van der Waals surface area contributed by atoms with Crippen LogP contribution in [0.2, 0.25) is 5.02 Å². The highest BCUT2D eigenvalue weighted by Gasteiger charge is 2.19. The van der Waals surface area contributed by atoms with Crippen molar-refractivity contribution in [1.82, 2.24) is 10.6 Å². The van der Waals surface area contributed by atoms with Crippen molar-refractivity contribution < 1.29 is 14.2 Å². The van der Waals surface area contributed by atoms with E-state index in [0.29, 0.717) is 30.7 Å². The molecule has 0 aromatic heterocycles. The number of hydrogen-bond acceptors (Lipinski definition) is 4. The van der Waals surface area contributed by atoms with Gasteiger partial charge in [0.25, 0.3) is 0 Å². The maximum atomic E-state index is 6.18. The van der Waals surface area contributed by atoms with E-state index < -0.39 is 0 Å². The van der Waals surface area contributed by atoms with Crippen molar-refractivity contribution in [3.63, 3.8) is 0 Å². The molecular weight excluding hydrogens is 529 g/mol. The first kappa shape index (κ1) is 25.7. The highest BCUT2D eigenvalue weighted by Crippen LogP contribution is 2.24. The van der Waals surface area contributed by atoms with E-state index >= 15 is 0 Å². The molecule has 2 atom stereocenters. The van der Waals surface area contributed by atoms with E-state index in [1.165, 1.54) is 5.56 Å². The van der Waals surface area contributed by atoms with Crippen molar-refractivity contribution in [2.45, 2.75) is 32.1 Å². The molecule has 1 fully saturated rings. The summed E-state index contributed by atoms with van der Waals surface area (Å²) in [5.74, 6) is 1.58. The quantitative estimate of drug-likeness (QED) is 0.284. The number of hydrogen-bond donors (Lipinski definition) is 2. The molecule has 0 bridgehead atoms. The highest BCUT2D eigenvalue weighted by molar-refractivity contribution is 14.0. The number of methoxy groups -OCH3 is 1. The molecule has 1 saturated heterocycles. The molecule has 2 unspecified atom stereocenters. The number of aryl methyl sites for hydroxylation is 1. The van der Waals surface area contributed by atoms with Crippen LogP contribution in [0.4, 0.5) is 0 Å². The number of benzene rings is 2. The van der Waals surface area contributed by atoms with E-state index in [9.17, 15) is 0 Å². The van der Waals surface area contributed by atoms with Crippen LogP contribution in [0.3, 0.4) is 0 Å². The van der Waals surface area contributed by atoms with Gasteiger partial charge < -0.3 is 24.8 Å². The van der Waals surface area contributed by atoms with Gasteiger partial charge in [-0.05, 0) is 36.2 Å². The van der Waals surface area contributed by atoms with Gasteiger partial charge in [0.2, 0.25) is 0 Å². The summed E-state index contributed by atoms with van der Waals surface area (Å²) in [5, 5.41) is 7.37. The first-order chi connectivity index (χ1) is 14.6. The summed E-state index contributed by atoms with van der Waals surface area (Å²) < 4.78 is 17.2. The van der Waals surface area contributed by atoms with Crippen molar-refractivity contribution in [1.29, 1.82) is 0 Å². The normalized spacial score (nSPS) is 17.0. The van der Waals surface area contributed by atoms with Crippen LogP contribution in [0.1, 0.15) is 29.2 Å². The Morgan fingerprint density at radius 1 is 1.26 bits per heavy atom. The van der Waals surface area contributed by atoms with Gasteiger partial charge in [-0.15, -0.1) is 24.0 Å². The molecule has 31 heavy (non-hydrogen) atoms. The van der Waals surface area contributed by atoms with E-state index in [1.807, 2.05) is 24.3 Å². The number of guanidine groups is 1. The van der Waals surface area contributed by atoms with E-state index in [2.05, 4.69) is 40.7 Å². The molecule has 1 aliphatic rings. The fourth-order valence-electron chi connectivity index (χ4n) is 3.34. The standard InChI is InChI=1S/C23H30ClN3O3.HI/c1-16-7-8-18(21(11-16)30-20-9-10-29-15-20)13-26-23(25-2)27-14-22(28-3)17-5-4-6-19(24)12-17;/h4-8,11-12,20,22H,9-10,13-15H2,1-3H3,(H2,25,26,27);1H. The topological polar surface area (TPSA) is 64.1 Å². The summed E-state index contributed by atoms with van der Waals surface area (Å²) in [6.45, 7) is 4.63. The van der Waals surface area contributed by atoms with E-state index in [-0.39, 0.29) is 36.2 Å². The summed E-state index contributed by atoms with van der Waals surface area (Å²) in [6.07, 6.45) is 0.900. The lowest BCUT2D eigenvalue weighted by molar-refractivity contribution is 0.106. The summed E-state index contributed by atoms with van der Waals surface area (Å²) in [7, 11) is 3.44. The van der Waals surface area contributed by atoms with Crippen LogP contribution in [0.5, 0.6) is 5.75 Å². The first-order valence-corrected chi connectivity index (χ1v) is 10.5. The molecule has 2 aromatic carbocycles. The summed E-state index contributed by atoms with van der Waals surface area (Å²) in [5.41, 5.74) is 3.26. The van der Waals surface area contributed by atoms with E-state index in [1.54, 1.807) is 14.2 Å². The molecule has 8 heteroatoms. The Hall–Kier alpha value is -1.55. The Balaban J connectivity index is 0.00000341. The fraction of sp³-hybridized carbons (Fsp3) is 0.435. The number of nitrogens with one attached hydrogen (secondary N) is 2. The molecular formula is C23H31ClIN3O3. The molecule has 2 aromatic rings. The lowest BCUT2D eigenvalue weighted by Gasteiger charge is -2.20. The zero-order valence-corrected chi connectivity index (χ0v) is 21.3. The van der Waals surface area contributed by atoms with Crippen LogP contribution in [0, 0.1) is 6.92 Å². The average Bonchev–Trinajstić information content (AvgIpc) is 3.25. The molecule has 170 valence electrons. The van der Waals surface area contributed by atoms with Crippen molar-refractivity contribution in [3.05, 3.63) is 64.2 Å². The molecule has 1 aliphatic heterocycles. The Morgan fingerprint density at radius 3 is 2.77 bits per heavy atom. The Kier molecular flexibility index (Phi) is 10.9. The van der Waals surface area contributed by atoms with E-state index in [0.717, 1.165) is 29.9 Å². The van der Waals surface area contributed by atoms with Crippen molar-refractivity contribution in [2.24, 2.45) is 4.99 Å². The van der Waals surface area contributed by atoms with Crippen LogP contribution in [0.25, 0.3) is 0 Å². The van der Waals surface area contributed by atoms with Gasteiger partial charge in [0.05, 0.1) is 19.3 Å². The monoisotopic (exact) mass is 559 g/mol. The highest BCUT2D eigenvalue weighted by atomic mass is 127. The Morgan fingerprint density at radius 2 is 2.10 bits per heavy atom. The number of rotatable bonds is 8. The van der Waals surface area contributed by atoms with Crippen LogP contribution in [-0.2, 0) is 16.0 Å². The molecule has 0 aliphatic carbocycles. The Bertz CT molecular complexity index is 860. The summed E-state index contributed by atoms with van der Waals surface area (Å²) in [4.78, 5) is 4.32. The van der Waals surface area contributed by atoms with Crippen molar-refractivity contribution in [3.8, 4) is 5.75 Å². The average molecular weight is 560 g/mol. The third kappa shape index (κ3) is 7.82. The summed E-state index contributed by atoms with van der Waals surface area (Å²) in [6, 6.07) is 13.9. The van der Waals surface area contributed by atoms with Crippen LogP contribution in [-0.4, -0.2) is 46.0 Å². The van der Waals surface area contributed by atoms with Crippen LogP contribution < -0.4 is 15.4 Å². The predicted molar refractivity (Wildman–Crippen MR) is 136 cm³/mol. The molecule has 0 spiro atoms. The number of halogens is 2. The van der Waals surface area contributed by atoms with Gasteiger partial charge in [-0.3, -0.25) is 4.99 Å². The van der Waals surface area contributed by atoms with Crippen molar-refractivity contribution >= 4 is 41.5 Å². The lowest BCUT2D eigenvalue weighted by atomic mass is 10.1. The fourth-order valence-corrected chi connectivity index (χ4v) is 3.53. The molecule has 3 rings (SSSR count). The smallest absolute Gasteiger partial charge is 0.191 e. The maximum Gasteiger partial charge on any atom is 0.191 e. The molecule has 2 N–H and O–H groups in total. The molecule has 1 heterocycles. The largest absolute Gasteiger partial charge is 0.488 e. The second-order valence-corrected chi connectivity index (χ2v) is 7.74. The van der Waals surface area contributed by atoms with Crippen LogP contribution in [0.15, 0.2) is 47.5 Å². The van der Waals surface area contributed by atoms with Gasteiger partial charge in [0.1, 0.15) is 11.9 Å².